The van der Waals surface area contributed by atoms with Crippen LogP contribution in [0.3, 0.4) is 0 Å². The highest BCUT2D eigenvalue weighted by Crippen LogP contribution is 2.28. The molecule has 1 fully saturated rings. The molecule has 2 heterocycles. The number of rotatable bonds is 3. The summed E-state index contributed by atoms with van der Waals surface area (Å²) in [4.78, 5) is 4.17. The van der Waals surface area contributed by atoms with Gasteiger partial charge in [0.25, 0.3) is 0 Å². The topological polar surface area (TPSA) is 85.1 Å². The first kappa shape index (κ1) is 12.5. The van der Waals surface area contributed by atoms with Crippen molar-refractivity contribution in [3.63, 3.8) is 0 Å². The molecule has 0 spiro atoms. The second kappa shape index (κ2) is 4.38. The lowest BCUT2D eigenvalue weighted by Crippen LogP contribution is -2.43. The maximum atomic E-state index is 11.1. The van der Waals surface area contributed by atoms with Crippen molar-refractivity contribution in [2.45, 2.75) is 37.5 Å². The average molecular weight is 259 g/mol. The van der Waals surface area contributed by atoms with Gasteiger partial charge in [-0.25, -0.2) is 8.42 Å². The number of nitrogens with one attached hydrogen (secondary N) is 1. The summed E-state index contributed by atoms with van der Waals surface area (Å²) in [6, 6.07) is 0. The minimum absolute atomic E-state index is 0.174. The third-order valence-corrected chi connectivity index (χ3v) is 3.73. The quantitative estimate of drug-likeness (QED) is 0.855. The molecule has 17 heavy (non-hydrogen) atoms. The smallest absolute Gasteiger partial charge is 0.246 e. The molecule has 6 nitrogen and oxygen atoms in total. The van der Waals surface area contributed by atoms with Gasteiger partial charge in [0.1, 0.15) is 5.75 Å². The van der Waals surface area contributed by atoms with Gasteiger partial charge in [-0.05, 0) is 32.7 Å². The van der Waals surface area contributed by atoms with Gasteiger partial charge in [0.05, 0.1) is 5.54 Å². The Morgan fingerprint density at radius 3 is 2.82 bits per heavy atom. The van der Waals surface area contributed by atoms with E-state index in [1.54, 1.807) is 0 Å². The van der Waals surface area contributed by atoms with E-state index in [2.05, 4.69) is 15.5 Å². The molecule has 1 unspecified atom stereocenters. The van der Waals surface area contributed by atoms with E-state index in [0.29, 0.717) is 5.89 Å². The van der Waals surface area contributed by atoms with Crippen molar-refractivity contribution in [3.05, 3.63) is 11.7 Å². The summed E-state index contributed by atoms with van der Waals surface area (Å²) >= 11 is 0. The van der Waals surface area contributed by atoms with Crippen molar-refractivity contribution in [2.24, 2.45) is 0 Å². The minimum atomic E-state index is -3.12. The summed E-state index contributed by atoms with van der Waals surface area (Å²) in [6.07, 6.45) is 4.32. The predicted octanol–water partition coefficient (Wildman–Crippen LogP) is 0.603. The lowest BCUT2D eigenvalue weighted by Gasteiger charge is -2.31. The second-order valence-corrected chi connectivity index (χ2v) is 6.94. The summed E-state index contributed by atoms with van der Waals surface area (Å²) in [5.74, 6) is 0.541. The van der Waals surface area contributed by atoms with Gasteiger partial charge in [-0.15, -0.1) is 0 Å². The normalized spacial score (nSPS) is 26.0. The van der Waals surface area contributed by atoms with Gasteiger partial charge in [0, 0.05) is 6.26 Å². The molecule has 1 N–H and O–H groups in total. The van der Waals surface area contributed by atoms with Crippen LogP contribution in [0, 0.1) is 0 Å². The second-order valence-electron chi connectivity index (χ2n) is 4.80. The van der Waals surface area contributed by atoms with Gasteiger partial charge in [0.2, 0.25) is 5.89 Å². The van der Waals surface area contributed by atoms with E-state index in [0.717, 1.165) is 32.1 Å². The number of sulfone groups is 1. The predicted molar refractivity (Wildman–Crippen MR) is 62.1 cm³/mol. The van der Waals surface area contributed by atoms with E-state index in [4.69, 9.17) is 4.52 Å². The Kier molecular flexibility index (Phi) is 3.22. The van der Waals surface area contributed by atoms with Crippen molar-refractivity contribution < 1.29 is 12.9 Å². The summed E-state index contributed by atoms with van der Waals surface area (Å²) in [6.45, 7) is 2.92. The Bertz CT molecular complexity index is 489. The van der Waals surface area contributed by atoms with Gasteiger partial charge in [-0.3, -0.25) is 0 Å². The summed E-state index contributed by atoms with van der Waals surface area (Å²) < 4.78 is 27.4. The van der Waals surface area contributed by atoms with Crippen LogP contribution in [0.1, 0.15) is 37.9 Å². The lowest BCUT2D eigenvalue weighted by atomic mass is 9.91. The van der Waals surface area contributed by atoms with Crippen LogP contribution in [0.2, 0.25) is 0 Å². The summed E-state index contributed by atoms with van der Waals surface area (Å²) in [7, 11) is -3.12. The molecule has 1 aromatic heterocycles. The Hall–Kier alpha value is -0.950. The highest BCUT2D eigenvalue weighted by atomic mass is 32.2. The largest absolute Gasteiger partial charge is 0.337 e. The molecular weight excluding hydrogens is 242 g/mol. The van der Waals surface area contributed by atoms with Gasteiger partial charge >= 0.3 is 0 Å². The number of hydrogen-bond acceptors (Lipinski definition) is 6. The van der Waals surface area contributed by atoms with E-state index in [9.17, 15) is 8.42 Å². The maximum Gasteiger partial charge on any atom is 0.246 e. The van der Waals surface area contributed by atoms with E-state index in [-0.39, 0.29) is 17.1 Å². The molecule has 0 aliphatic carbocycles. The minimum Gasteiger partial charge on any atom is -0.337 e. The standard InChI is InChI=1S/C10H17N3O3S/c1-10(5-3-4-6-11-10)9-12-8(13-16-9)7-17(2,14)15/h11H,3-7H2,1-2H3. The fraction of sp³-hybridized carbons (Fsp3) is 0.800. The van der Waals surface area contributed by atoms with Crippen LogP contribution < -0.4 is 5.32 Å². The zero-order valence-corrected chi connectivity index (χ0v) is 10.9. The lowest BCUT2D eigenvalue weighted by molar-refractivity contribution is 0.206. The van der Waals surface area contributed by atoms with Crippen LogP contribution in [0.4, 0.5) is 0 Å². The molecule has 1 saturated heterocycles. The summed E-state index contributed by atoms with van der Waals surface area (Å²) in [5, 5.41) is 7.06. The Labute approximate surface area is 101 Å². The Morgan fingerprint density at radius 2 is 2.24 bits per heavy atom. The van der Waals surface area contributed by atoms with Crippen molar-refractivity contribution in [3.8, 4) is 0 Å². The molecule has 7 heteroatoms. The van der Waals surface area contributed by atoms with Crippen LogP contribution in [-0.2, 0) is 21.1 Å². The first-order valence-electron chi connectivity index (χ1n) is 5.65. The number of hydrogen-bond donors (Lipinski definition) is 1. The first-order valence-corrected chi connectivity index (χ1v) is 7.71. The van der Waals surface area contributed by atoms with Crippen molar-refractivity contribution in [2.75, 3.05) is 12.8 Å². The van der Waals surface area contributed by atoms with Crippen LogP contribution in [-0.4, -0.2) is 31.4 Å². The molecule has 2 rings (SSSR count). The molecule has 1 atom stereocenters. The van der Waals surface area contributed by atoms with Crippen molar-refractivity contribution in [1.29, 1.82) is 0 Å². The SMILES string of the molecule is CC1(c2nc(CS(C)(=O)=O)no2)CCCCN1. The molecule has 0 bridgehead atoms. The van der Waals surface area contributed by atoms with Gasteiger partial charge < -0.3 is 9.84 Å². The molecule has 1 aromatic rings. The third-order valence-electron chi connectivity index (χ3n) is 2.95. The highest BCUT2D eigenvalue weighted by Gasteiger charge is 2.34. The number of nitrogens with zero attached hydrogens (tertiary/aromatic N) is 2. The molecule has 0 saturated carbocycles. The van der Waals surface area contributed by atoms with E-state index < -0.39 is 9.84 Å². The monoisotopic (exact) mass is 259 g/mol. The van der Waals surface area contributed by atoms with E-state index in [1.807, 2.05) is 6.92 Å². The maximum absolute atomic E-state index is 11.1. The Morgan fingerprint density at radius 1 is 1.47 bits per heavy atom. The van der Waals surface area contributed by atoms with Gasteiger partial charge in [0.15, 0.2) is 15.7 Å². The van der Waals surface area contributed by atoms with Crippen LogP contribution in [0.15, 0.2) is 4.52 Å². The zero-order chi connectivity index (χ0) is 12.5. The number of aromatic nitrogens is 2. The molecular formula is C10H17N3O3S. The molecule has 1 aliphatic heterocycles. The van der Waals surface area contributed by atoms with Crippen LogP contribution in [0.5, 0.6) is 0 Å². The average Bonchev–Trinajstić information content (AvgIpc) is 2.65. The van der Waals surface area contributed by atoms with Crippen molar-refractivity contribution >= 4 is 9.84 Å². The first-order chi connectivity index (χ1) is 7.89. The molecule has 1 aliphatic rings. The van der Waals surface area contributed by atoms with Gasteiger partial charge in [-0.2, -0.15) is 4.98 Å². The molecule has 0 radical (unpaired) electrons. The van der Waals surface area contributed by atoms with E-state index >= 15 is 0 Å². The number of piperidine rings is 1. The zero-order valence-electron chi connectivity index (χ0n) is 10.1. The molecule has 96 valence electrons. The summed E-state index contributed by atoms with van der Waals surface area (Å²) in [5.41, 5.74) is -0.318. The van der Waals surface area contributed by atoms with Crippen molar-refractivity contribution in [1.82, 2.24) is 15.5 Å². The van der Waals surface area contributed by atoms with Gasteiger partial charge in [-0.1, -0.05) is 5.16 Å². The van der Waals surface area contributed by atoms with Crippen LogP contribution >= 0.6 is 0 Å². The molecule has 0 aromatic carbocycles. The third kappa shape index (κ3) is 3.04. The fourth-order valence-corrected chi connectivity index (χ4v) is 2.60. The van der Waals surface area contributed by atoms with E-state index in [1.165, 1.54) is 0 Å². The highest BCUT2D eigenvalue weighted by molar-refractivity contribution is 7.89. The molecule has 0 amide bonds. The Balaban J connectivity index is 2.17. The van der Waals surface area contributed by atoms with Crippen LogP contribution in [0.25, 0.3) is 0 Å². The fourth-order valence-electron chi connectivity index (χ4n) is 2.01.